The molecule has 1 aromatic carbocycles. The molecule has 0 aliphatic heterocycles. The van der Waals surface area contributed by atoms with Gasteiger partial charge in [0.25, 0.3) is 0 Å². The molecule has 0 bridgehead atoms. The zero-order valence-electron chi connectivity index (χ0n) is 7.60. The van der Waals surface area contributed by atoms with Crippen molar-refractivity contribution in [2.75, 3.05) is 0 Å². The van der Waals surface area contributed by atoms with Crippen molar-refractivity contribution in [1.29, 1.82) is 0 Å². The van der Waals surface area contributed by atoms with E-state index in [4.69, 9.17) is 0 Å². The largest absolute Gasteiger partial charge is 0.297 e. The van der Waals surface area contributed by atoms with Crippen molar-refractivity contribution in [3.8, 4) is 11.3 Å². The average molecular weight is 204 g/mol. The fraction of sp³-hybridized carbons (Fsp3) is 0.100. The standard InChI is InChI=1S/C10H8N2OS/c1-7-4-2-3-5-8(7)10-9(6-13)14-12-11-10/h2-6H,1H3. The summed E-state index contributed by atoms with van der Waals surface area (Å²) in [5.41, 5.74) is 2.76. The topological polar surface area (TPSA) is 42.9 Å². The number of carbonyl (C=O) groups excluding carboxylic acids is 1. The molecular weight excluding hydrogens is 196 g/mol. The number of aldehydes is 1. The van der Waals surface area contributed by atoms with Crippen LogP contribution in [0.3, 0.4) is 0 Å². The van der Waals surface area contributed by atoms with Crippen molar-refractivity contribution < 1.29 is 4.79 Å². The molecule has 0 atom stereocenters. The minimum atomic E-state index is 0.583. The Kier molecular flexibility index (Phi) is 2.37. The maximum atomic E-state index is 10.7. The van der Waals surface area contributed by atoms with E-state index in [1.165, 1.54) is 0 Å². The summed E-state index contributed by atoms with van der Waals surface area (Å²) in [6.07, 6.45) is 0.798. The predicted octanol–water partition coefficient (Wildman–Crippen LogP) is 2.33. The highest BCUT2D eigenvalue weighted by Gasteiger charge is 2.10. The average Bonchev–Trinajstić information content (AvgIpc) is 2.66. The Morgan fingerprint density at radius 3 is 2.86 bits per heavy atom. The molecule has 0 saturated heterocycles. The van der Waals surface area contributed by atoms with Crippen LogP contribution in [-0.2, 0) is 0 Å². The van der Waals surface area contributed by atoms with E-state index in [1.54, 1.807) is 0 Å². The van der Waals surface area contributed by atoms with Crippen LogP contribution in [0.2, 0.25) is 0 Å². The van der Waals surface area contributed by atoms with E-state index in [0.29, 0.717) is 10.6 Å². The molecule has 0 saturated carbocycles. The van der Waals surface area contributed by atoms with Crippen LogP contribution in [0.5, 0.6) is 0 Å². The number of rotatable bonds is 2. The van der Waals surface area contributed by atoms with Crippen LogP contribution in [0.4, 0.5) is 0 Å². The van der Waals surface area contributed by atoms with Crippen molar-refractivity contribution in [1.82, 2.24) is 9.59 Å². The lowest BCUT2D eigenvalue weighted by atomic mass is 10.1. The SMILES string of the molecule is Cc1ccccc1-c1nnsc1C=O. The molecule has 2 aromatic rings. The van der Waals surface area contributed by atoms with E-state index >= 15 is 0 Å². The Hall–Kier alpha value is -1.55. The summed E-state index contributed by atoms with van der Waals surface area (Å²) in [4.78, 5) is 11.3. The molecule has 4 heteroatoms. The first-order chi connectivity index (χ1) is 6.83. The molecule has 0 unspecified atom stereocenters. The monoisotopic (exact) mass is 204 g/mol. The van der Waals surface area contributed by atoms with E-state index in [2.05, 4.69) is 9.59 Å². The summed E-state index contributed by atoms with van der Waals surface area (Å²) in [5.74, 6) is 0. The molecule has 0 radical (unpaired) electrons. The maximum Gasteiger partial charge on any atom is 0.163 e. The number of carbonyl (C=O) groups is 1. The lowest BCUT2D eigenvalue weighted by Gasteiger charge is -2.00. The molecular formula is C10H8N2OS. The van der Waals surface area contributed by atoms with E-state index in [1.807, 2.05) is 31.2 Å². The number of aromatic nitrogens is 2. The lowest BCUT2D eigenvalue weighted by Crippen LogP contribution is -1.86. The first-order valence-corrected chi connectivity index (χ1v) is 4.94. The molecule has 0 aliphatic carbocycles. The van der Waals surface area contributed by atoms with Gasteiger partial charge in [-0.05, 0) is 24.0 Å². The van der Waals surface area contributed by atoms with Gasteiger partial charge in [0.2, 0.25) is 0 Å². The van der Waals surface area contributed by atoms with Crippen molar-refractivity contribution in [2.45, 2.75) is 6.92 Å². The first kappa shape index (κ1) is 9.02. The number of nitrogens with zero attached hydrogens (tertiary/aromatic N) is 2. The Labute approximate surface area is 85.6 Å². The van der Waals surface area contributed by atoms with Crippen LogP contribution in [0.15, 0.2) is 24.3 Å². The van der Waals surface area contributed by atoms with Gasteiger partial charge in [-0.3, -0.25) is 4.79 Å². The minimum absolute atomic E-state index is 0.583. The van der Waals surface area contributed by atoms with Gasteiger partial charge < -0.3 is 0 Å². The zero-order valence-corrected chi connectivity index (χ0v) is 8.41. The number of hydrogen-bond acceptors (Lipinski definition) is 4. The molecule has 14 heavy (non-hydrogen) atoms. The Bertz CT molecular complexity index is 465. The van der Waals surface area contributed by atoms with Crippen molar-refractivity contribution in [2.24, 2.45) is 0 Å². The highest BCUT2D eigenvalue weighted by atomic mass is 32.1. The third-order valence-corrected chi connectivity index (χ3v) is 2.67. The quantitative estimate of drug-likeness (QED) is 0.705. The zero-order chi connectivity index (χ0) is 9.97. The molecule has 0 fully saturated rings. The van der Waals surface area contributed by atoms with Gasteiger partial charge in [-0.1, -0.05) is 28.8 Å². The van der Waals surface area contributed by atoms with Gasteiger partial charge in [0.1, 0.15) is 10.6 Å². The highest BCUT2D eigenvalue weighted by molar-refractivity contribution is 7.07. The molecule has 0 aliphatic rings. The van der Waals surface area contributed by atoms with Crippen molar-refractivity contribution >= 4 is 17.8 Å². The molecule has 0 spiro atoms. The molecule has 2 rings (SSSR count). The Morgan fingerprint density at radius 1 is 1.36 bits per heavy atom. The van der Waals surface area contributed by atoms with E-state index in [-0.39, 0.29) is 0 Å². The number of aryl methyl sites for hydroxylation is 1. The summed E-state index contributed by atoms with van der Waals surface area (Å²) >= 11 is 1.12. The van der Waals surface area contributed by atoms with Gasteiger partial charge >= 0.3 is 0 Å². The third kappa shape index (κ3) is 1.44. The van der Waals surface area contributed by atoms with E-state index in [0.717, 1.165) is 28.9 Å². The second-order valence-corrected chi connectivity index (χ2v) is 3.70. The Balaban J connectivity index is 2.60. The molecule has 3 nitrogen and oxygen atoms in total. The summed E-state index contributed by atoms with van der Waals surface area (Å²) in [5, 5.41) is 3.96. The Morgan fingerprint density at radius 2 is 2.14 bits per heavy atom. The van der Waals surface area contributed by atoms with Gasteiger partial charge in [0, 0.05) is 5.56 Å². The second kappa shape index (κ2) is 3.67. The third-order valence-electron chi connectivity index (χ3n) is 2.02. The summed E-state index contributed by atoms with van der Waals surface area (Å²) < 4.78 is 3.77. The van der Waals surface area contributed by atoms with Gasteiger partial charge in [0.05, 0.1) is 0 Å². The van der Waals surface area contributed by atoms with Crippen molar-refractivity contribution in [3.05, 3.63) is 34.7 Å². The fourth-order valence-electron chi connectivity index (χ4n) is 1.30. The summed E-state index contributed by atoms with van der Waals surface area (Å²) in [6, 6.07) is 7.82. The van der Waals surface area contributed by atoms with Crippen LogP contribution in [0.25, 0.3) is 11.3 Å². The van der Waals surface area contributed by atoms with Gasteiger partial charge in [-0.15, -0.1) is 5.10 Å². The molecule has 1 aromatic heterocycles. The lowest BCUT2D eigenvalue weighted by molar-refractivity contribution is 0.112. The van der Waals surface area contributed by atoms with Crippen LogP contribution in [0.1, 0.15) is 15.2 Å². The summed E-state index contributed by atoms with van der Waals surface area (Å²) in [7, 11) is 0. The van der Waals surface area contributed by atoms with E-state index in [9.17, 15) is 4.79 Å². The van der Waals surface area contributed by atoms with Crippen molar-refractivity contribution in [3.63, 3.8) is 0 Å². The van der Waals surface area contributed by atoms with Crippen LogP contribution in [-0.4, -0.2) is 15.9 Å². The smallest absolute Gasteiger partial charge is 0.163 e. The maximum absolute atomic E-state index is 10.7. The van der Waals surface area contributed by atoms with Gasteiger partial charge in [-0.2, -0.15) is 0 Å². The van der Waals surface area contributed by atoms with Crippen LogP contribution in [0, 0.1) is 6.92 Å². The first-order valence-electron chi connectivity index (χ1n) is 4.16. The van der Waals surface area contributed by atoms with E-state index < -0.39 is 0 Å². The number of benzene rings is 1. The van der Waals surface area contributed by atoms with Crippen LogP contribution >= 0.6 is 11.5 Å². The van der Waals surface area contributed by atoms with Gasteiger partial charge in [0.15, 0.2) is 6.29 Å². The minimum Gasteiger partial charge on any atom is -0.297 e. The molecule has 1 heterocycles. The summed E-state index contributed by atoms with van der Waals surface area (Å²) in [6.45, 7) is 1.99. The second-order valence-electron chi connectivity index (χ2n) is 2.92. The fourth-order valence-corrected chi connectivity index (χ4v) is 1.79. The molecule has 0 N–H and O–H groups in total. The normalized spacial score (nSPS) is 10.1. The highest BCUT2D eigenvalue weighted by Crippen LogP contribution is 2.25. The van der Waals surface area contributed by atoms with Crippen LogP contribution < -0.4 is 0 Å². The number of hydrogen-bond donors (Lipinski definition) is 0. The molecule has 0 amide bonds. The molecule has 70 valence electrons. The predicted molar refractivity (Wildman–Crippen MR) is 55.5 cm³/mol. The van der Waals surface area contributed by atoms with Gasteiger partial charge in [-0.25, -0.2) is 0 Å².